The van der Waals surface area contributed by atoms with Gasteiger partial charge in [-0.25, -0.2) is 4.98 Å². The van der Waals surface area contributed by atoms with Crippen molar-refractivity contribution in [2.45, 2.75) is 19.4 Å². The van der Waals surface area contributed by atoms with Crippen molar-refractivity contribution >= 4 is 28.4 Å². The molecule has 6 heteroatoms. The van der Waals surface area contributed by atoms with Gasteiger partial charge in [0.25, 0.3) is 0 Å². The fourth-order valence-corrected chi connectivity index (χ4v) is 3.16. The molecule has 0 spiro atoms. The predicted octanol–water partition coefficient (Wildman–Crippen LogP) is 2.89. The SMILES string of the molecule is COc1ccc2nc(N)n(C(C)Cc3cccs3)c2n1. The number of methoxy groups -OCH3 is 1. The maximum absolute atomic E-state index is 6.05. The Bertz CT molecular complexity index is 720. The molecule has 1 atom stereocenters. The molecular formula is C14H16N4OS. The molecular weight excluding hydrogens is 272 g/mol. The quantitative estimate of drug-likeness (QED) is 0.801. The Morgan fingerprint density at radius 3 is 2.90 bits per heavy atom. The Hall–Kier alpha value is -2.08. The van der Waals surface area contributed by atoms with E-state index in [-0.39, 0.29) is 6.04 Å². The summed E-state index contributed by atoms with van der Waals surface area (Å²) in [4.78, 5) is 10.2. The lowest BCUT2D eigenvalue weighted by Gasteiger charge is -2.14. The van der Waals surface area contributed by atoms with Gasteiger partial charge in [-0.2, -0.15) is 4.98 Å². The number of hydrogen-bond acceptors (Lipinski definition) is 5. The number of nitrogens with two attached hydrogens (primary N) is 1. The molecule has 3 aromatic rings. The maximum atomic E-state index is 6.05. The molecule has 0 aromatic carbocycles. The summed E-state index contributed by atoms with van der Waals surface area (Å²) in [5.74, 6) is 1.06. The highest BCUT2D eigenvalue weighted by atomic mass is 32.1. The van der Waals surface area contributed by atoms with Gasteiger partial charge in [0, 0.05) is 23.4 Å². The number of imidazole rings is 1. The molecule has 0 aliphatic heterocycles. The van der Waals surface area contributed by atoms with Gasteiger partial charge in [0.2, 0.25) is 11.8 Å². The molecule has 0 saturated heterocycles. The smallest absolute Gasteiger partial charge is 0.215 e. The van der Waals surface area contributed by atoms with Crippen molar-refractivity contribution in [3.63, 3.8) is 0 Å². The summed E-state index contributed by atoms with van der Waals surface area (Å²) >= 11 is 1.75. The third-order valence-corrected chi connectivity index (χ3v) is 4.16. The van der Waals surface area contributed by atoms with Crippen LogP contribution in [0.3, 0.4) is 0 Å². The monoisotopic (exact) mass is 288 g/mol. The molecule has 0 amide bonds. The first-order chi connectivity index (χ1) is 9.69. The van der Waals surface area contributed by atoms with Gasteiger partial charge in [0.05, 0.1) is 7.11 Å². The van der Waals surface area contributed by atoms with Crippen LogP contribution in [0.1, 0.15) is 17.8 Å². The van der Waals surface area contributed by atoms with Crippen molar-refractivity contribution in [1.82, 2.24) is 14.5 Å². The van der Waals surface area contributed by atoms with Crippen LogP contribution in [0.2, 0.25) is 0 Å². The average Bonchev–Trinajstić information content (AvgIpc) is 3.04. The first-order valence-corrected chi connectivity index (χ1v) is 7.28. The number of pyridine rings is 1. The lowest BCUT2D eigenvalue weighted by atomic mass is 10.2. The molecule has 0 radical (unpaired) electrons. The molecule has 0 bridgehead atoms. The maximum Gasteiger partial charge on any atom is 0.215 e. The van der Waals surface area contributed by atoms with E-state index < -0.39 is 0 Å². The number of anilines is 1. The summed E-state index contributed by atoms with van der Waals surface area (Å²) in [5, 5.41) is 2.08. The fourth-order valence-electron chi connectivity index (χ4n) is 2.33. The van der Waals surface area contributed by atoms with Crippen molar-refractivity contribution in [1.29, 1.82) is 0 Å². The molecule has 104 valence electrons. The Morgan fingerprint density at radius 2 is 2.20 bits per heavy atom. The first-order valence-electron chi connectivity index (χ1n) is 6.40. The first kappa shape index (κ1) is 12.9. The van der Waals surface area contributed by atoms with Gasteiger partial charge >= 0.3 is 0 Å². The second-order valence-corrected chi connectivity index (χ2v) is 5.70. The van der Waals surface area contributed by atoms with Gasteiger partial charge in [-0.05, 0) is 24.4 Å². The van der Waals surface area contributed by atoms with E-state index in [1.807, 2.05) is 10.6 Å². The molecule has 3 aromatic heterocycles. The molecule has 1 unspecified atom stereocenters. The number of hydrogen-bond donors (Lipinski definition) is 1. The zero-order chi connectivity index (χ0) is 14.1. The average molecular weight is 288 g/mol. The van der Waals surface area contributed by atoms with Gasteiger partial charge in [0.1, 0.15) is 5.52 Å². The summed E-state index contributed by atoms with van der Waals surface area (Å²) in [6, 6.07) is 8.06. The second kappa shape index (κ2) is 5.13. The Balaban J connectivity index is 2.02. The third kappa shape index (κ3) is 2.22. The minimum absolute atomic E-state index is 0.193. The van der Waals surface area contributed by atoms with E-state index in [1.54, 1.807) is 24.5 Å². The van der Waals surface area contributed by atoms with Crippen LogP contribution in [0.4, 0.5) is 5.95 Å². The van der Waals surface area contributed by atoms with E-state index in [0.29, 0.717) is 11.8 Å². The predicted molar refractivity (Wildman–Crippen MR) is 81.2 cm³/mol. The number of aromatic nitrogens is 3. The van der Waals surface area contributed by atoms with E-state index in [2.05, 4.69) is 34.4 Å². The zero-order valence-corrected chi connectivity index (χ0v) is 12.2. The summed E-state index contributed by atoms with van der Waals surface area (Å²) in [6.45, 7) is 2.12. The van der Waals surface area contributed by atoms with Crippen molar-refractivity contribution < 1.29 is 4.74 Å². The topological polar surface area (TPSA) is 66.0 Å². The van der Waals surface area contributed by atoms with Crippen LogP contribution in [0.15, 0.2) is 29.6 Å². The van der Waals surface area contributed by atoms with E-state index in [4.69, 9.17) is 10.5 Å². The minimum Gasteiger partial charge on any atom is -0.481 e. The molecule has 0 aliphatic rings. The zero-order valence-electron chi connectivity index (χ0n) is 11.4. The standard InChI is InChI=1S/C14H16N4OS/c1-9(8-10-4-3-7-20-10)18-13-11(16-14(18)15)5-6-12(17-13)19-2/h3-7,9H,8H2,1-2H3,(H2,15,16). The minimum atomic E-state index is 0.193. The summed E-state index contributed by atoms with van der Waals surface area (Å²) in [5.41, 5.74) is 7.61. The van der Waals surface area contributed by atoms with Gasteiger partial charge in [-0.1, -0.05) is 6.07 Å². The van der Waals surface area contributed by atoms with Crippen LogP contribution in [-0.4, -0.2) is 21.6 Å². The molecule has 0 aliphatic carbocycles. The van der Waals surface area contributed by atoms with Crippen LogP contribution >= 0.6 is 11.3 Å². The highest BCUT2D eigenvalue weighted by molar-refractivity contribution is 7.09. The van der Waals surface area contributed by atoms with Crippen molar-refractivity contribution in [2.24, 2.45) is 0 Å². The van der Waals surface area contributed by atoms with Crippen molar-refractivity contribution in [3.8, 4) is 5.88 Å². The fraction of sp³-hybridized carbons (Fsp3) is 0.286. The Morgan fingerprint density at radius 1 is 1.35 bits per heavy atom. The van der Waals surface area contributed by atoms with Gasteiger partial charge in [-0.15, -0.1) is 11.3 Å². The largest absolute Gasteiger partial charge is 0.481 e. The number of nitrogen functional groups attached to an aromatic ring is 1. The number of rotatable bonds is 4. The summed E-state index contributed by atoms with van der Waals surface area (Å²) < 4.78 is 7.15. The molecule has 20 heavy (non-hydrogen) atoms. The van der Waals surface area contributed by atoms with Gasteiger partial charge in [-0.3, -0.25) is 4.57 Å². The number of fused-ring (bicyclic) bond motifs is 1. The van der Waals surface area contributed by atoms with Gasteiger partial charge < -0.3 is 10.5 Å². The van der Waals surface area contributed by atoms with Crippen LogP contribution in [0.25, 0.3) is 11.2 Å². The molecule has 0 saturated carbocycles. The van der Waals surface area contributed by atoms with E-state index in [9.17, 15) is 0 Å². The second-order valence-electron chi connectivity index (χ2n) is 4.67. The van der Waals surface area contributed by atoms with Crippen LogP contribution in [0, 0.1) is 0 Å². The normalized spacial score (nSPS) is 12.7. The Kier molecular flexibility index (Phi) is 3.31. The van der Waals surface area contributed by atoms with E-state index in [0.717, 1.165) is 17.6 Å². The van der Waals surface area contributed by atoms with Crippen LogP contribution < -0.4 is 10.5 Å². The van der Waals surface area contributed by atoms with Crippen molar-refractivity contribution in [3.05, 3.63) is 34.5 Å². The summed E-state index contributed by atoms with van der Waals surface area (Å²) in [6.07, 6.45) is 0.909. The number of ether oxygens (including phenoxy) is 1. The van der Waals surface area contributed by atoms with Gasteiger partial charge in [0.15, 0.2) is 5.65 Å². The van der Waals surface area contributed by atoms with E-state index in [1.165, 1.54) is 4.88 Å². The lowest BCUT2D eigenvalue weighted by Crippen LogP contribution is -2.11. The molecule has 0 fully saturated rings. The molecule has 5 nitrogen and oxygen atoms in total. The van der Waals surface area contributed by atoms with Crippen LogP contribution in [0.5, 0.6) is 5.88 Å². The highest BCUT2D eigenvalue weighted by Crippen LogP contribution is 2.26. The van der Waals surface area contributed by atoms with Crippen molar-refractivity contribution in [2.75, 3.05) is 12.8 Å². The molecule has 3 rings (SSSR count). The number of thiophene rings is 1. The molecule has 3 heterocycles. The Labute approximate surface area is 121 Å². The van der Waals surface area contributed by atoms with Crippen LogP contribution in [-0.2, 0) is 6.42 Å². The summed E-state index contributed by atoms with van der Waals surface area (Å²) in [7, 11) is 1.60. The lowest BCUT2D eigenvalue weighted by molar-refractivity contribution is 0.398. The third-order valence-electron chi connectivity index (χ3n) is 3.27. The highest BCUT2D eigenvalue weighted by Gasteiger charge is 2.16. The molecule has 2 N–H and O–H groups in total. The number of nitrogens with zero attached hydrogens (tertiary/aromatic N) is 3. The van der Waals surface area contributed by atoms with E-state index >= 15 is 0 Å².